The molecular formula is C13H20ClNO2. The van der Waals surface area contributed by atoms with Crippen LogP contribution >= 0.6 is 11.6 Å². The van der Waals surface area contributed by atoms with Crippen LogP contribution in [0, 0.1) is 0 Å². The second-order valence-corrected chi connectivity index (χ2v) is 4.43. The number of hydrogen-bond donors (Lipinski definition) is 1. The summed E-state index contributed by atoms with van der Waals surface area (Å²) >= 11 is 6.10. The van der Waals surface area contributed by atoms with Crippen LogP contribution in [0.4, 0.5) is 5.69 Å². The second kappa shape index (κ2) is 6.60. The van der Waals surface area contributed by atoms with E-state index in [1.807, 2.05) is 6.07 Å². The Hall–Kier alpha value is -1.09. The van der Waals surface area contributed by atoms with Crippen molar-refractivity contribution in [3.63, 3.8) is 0 Å². The predicted molar refractivity (Wildman–Crippen MR) is 72.5 cm³/mol. The molecular weight excluding hydrogens is 238 g/mol. The highest BCUT2D eigenvalue weighted by molar-refractivity contribution is 6.32. The lowest BCUT2D eigenvalue weighted by molar-refractivity contribution is 0.395. The van der Waals surface area contributed by atoms with Crippen molar-refractivity contribution >= 4 is 17.3 Å². The topological polar surface area (TPSA) is 30.5 Å². The minimum absolute atomic E-state index is 0.387. The average Bonchev–Trinajstić information content (AvgIpc) is 2.29. The number of anilines is 1. The molecule has 0 aliphatic rings. The van der Waals surface area contributed by atoms with E-state index in [1.165, 1.54) is 0 Å². The molecule has 0 spiro atoms. The van der Waals surface area contributed by atoms with Crippen LogP contribution in [-0.2, 0) is 0 Å². The summed E-state index contributed by atoms with van der Waals surface area (Å²) < 4.78 is 10.5. The largest absolute Gasteiger partial charge is 0.495 e. The van der Waals surface area contributed by atoms with E-state index in [0.717, 1.165) is 24.3 Å². The van der Waals surface area contributed by atoms with Crippen molar-refractivity contribution in [2.24, 2.45) is 0 Å². The van der Waals surface area contributed by atoms with Crippen molar-refractivity contribution in [2.45, 2.75) is 32.7 Å². The van der Waals surface area contributed by atoms with Gasteiger partial charge >= 0.3 is 0 Å². The fourth-order valence-electron chi connectivity index (χ4n) is 1.74. The SMILES string of the molecule is CCCC(C)Nc1cc(Cl)c(OC)cc1OC. The summed E-state index contributed by atoms with van der Waals surface area (Å²) in [6, 6.07) is 4.02. The normalized spacial score (nSPS) is 12.1. The number of benzene rings is 1. The first-order valence-corrected chi connectivity index (χ1v) is 6.18. The Morgan fingerprint density at radius 2 is 1.88 bits per heavy atom. The van der Waals surface area contributed by atoms with Gasteiger partial charge in [0.2, 0.25) is 0 Å². The maximum absolute atomic E-state index is 6.10. The average molecular weight is 258 g/mol. The third-order valence-corrected chi connectivity index (χ3v) is 2.89. The van der Waals surface area contributed by atoms with Crippen molar-refractivity contribution in [3.05, 3.63) is 17.2 Å². The quantitative estimate of drug-likeness (QED) is 0.837. The van der Waals surface area contributed by atoms with Crippen LogP contribution in [0.3, 0.4) is 0 Å². The molecule has 0 amide bonds. The molecule has 3 nitrogen and oxygen atoms in total. The minimum atomic E-state index is 0.387. The number of hydrogen-bond acceptors (Lipinski definition) is 3. The Labute approximate surface area is 108 Å². The van der Waals surface area contributed by atoms with Gasteiger partial charge in [0.15, 0.2) is 0 Å². The number of nitrogens with one attached hydrogen (secondary N) is 1. The van der Waals surface area contributed by atoms with Crippen LogP contribution in [-0.4, -0.2) is 20.3 Å². The van der Waals surface area contributed by atoms with E-state index >= 15 is 0 Å². The van der Waals surface area contributed by atoms with Crippen LogP contribution in [0.15, 0.2) is 12.1 Å². The highest BCUT2D eigenvalue weighted by atomic mass is 35.5. The van der Waals surface area contributed by atoms with Crippen LogP contribution in [0.2, 0.25) is 5.02 Å². The summed E-state index contributed by atoms with van der Waals surface area (Å²) in [6.07, 6.45) is 2.24. The summed E-state index contributed by atoms with van der Waals surface area (Å²) in [5.74, 6) is 1.37. The van der Waals surface area contributed by atoms with Gasteiger partial charge in [-0.2, -0.15) is 0 Å². The molecule has 0 saturated heterocycles. The van der Waals surface area contributed by atoms with Gasteiger partial charge in [-0.15, -0.1) is 0 Å². The van der Waals surface area contributed by atoms with E-state index in [4.69, 9.17) is 21.1 Å². The summed E-state index contributed by atoms with van der Waals surface area (Å²) in [4.78, 5) is 0. The summed E-state index contributed by atoms with van der Waals surface area (Å²) in [7, 11) is 3.23. The number of ether oxygens (including phenoxy) is 2. The zero-order chi connectivity index (χ0) is 12.8. The predicted octanol–water partition coefficient (Wildman–Crippen LogP) is 3.96. The van der Waals surface area contributed by atoms with Gasteiger partial charge in [0.1, 0.15) is 11.5 Å². The van der Waals surface area contributed by atoms with Gasteiger partial charge in [-0.3, -0.25) is 0 Å². The molecule has 0 heterocycles. The van der Waals surface area contributed by atoms with E-state index < -0.39 is 0 Å². The first kappa shape index (κ1) is 14.0. The van der Waals surface area contributed by atoms with Crippen LogP contribution in [0.25, 0.3) is 0 Å². The van der Waals surface area contributed by atoms with Crippen LogP contribution < -0.4 is 14.8 Å². The highest BCUT2D eigenvalue weighted by Crippen LogP contribution is 2.36. The molecule has 4 heteroatoms. The van der Waals surface area contributed by atoms with E-state index in [2.05, 4.69) is 19.2 Å². The molecule has 1 atom stereocenters. The van der Waals surface area contributed by atoms with Gasteiger partial charge in [-0.05, 0) is 19.4 Å². The molecule has 17 heavy (non-hydrogen) atoms. The van der Waals surface area contributed by atoms with E-state index in [-0.39, 0.29) is 0 Å². The molecule has 96 valence electrons. The third kappa shape index (κ3) is 3.70. The van der Waals surface area contributed by atoms with E-state index in [9.17, 15) is 0 Å². The lowest BCUT2D eigenvalue weighted by Crippen LogP contribution is -2.15. The fraction of sp³-hybridized carbons (Fsp3) is 0.538. The third-order valence-electron chi connectivity index (χ3n) is 2.60. The van der Waals surface area contributed by atoms with Gasteiger partial charge in [0.25, 0.3) is 0 Å². The molecule has 0 aromatic heterocycles. The van der Waals surface area contributed by atoms with E-state index in [0.29, 0.717) is 16.8 Å². The van der Waals surface area contributed by atoms with Crippen molar-refractivity contribution in [1.82, 2.24) is 0 Å². The molecule has 0 aliphatic heterocycles. The summed E-state index contributed by atoms with van der Waals surface area (Å²) in [5.41, 5.74) is 0.902. The molecule has 1 aromatic carbocycles. The molecule has 0 radical (unpaired) electrons. The Morgan fingerprint density at radius 3 is 2.41 bits per heavy atom. The fourth-order valence-corrected chi connectivity index (χ4v) is 1.98. The molecule has 1 aromatic rings. The zero-order valence-electron chi connectivity index (χ0n) is 10.8. The van der Waals surface area contributed by atoms with Crippen molar-refractivity contribution in [1.29, 1.82) is 0 Å². The van der Waals surface area contributed by atoms with Crippen molar-refractivity contribution < 1.29 is 9.47 Å². The van der Waals surface area contributed by atoms with Gasteiger partial charge < -0.3 is 14.8 Å². The molecule has 0 saturated carbocycles. The molecule has 0 bridgehead atoms. The standard InChI is InChI=1S/C13H20ClNO2/c1-5-6-9(2)15-11-7-10(14)12(16-3)8-13(11)17-4/h7-9,15H,5-6H2,1-4H3. The lowest BCUT2D eigenvalue weighted by Gasteiger charge is -2.18. The Bertz CT molecular complexity index is 369. The van der Waals surface area contributed by atoms with Gasteiger partial charge in [-0.1, -0.05) is 24.9 Å². The monoisotopic (exact) mass is 257 g/mol. The van der Waals surface area contributed by atoms with Crippen molar-refractivity contribution in [3.8, 4) is 11.5 Å². The molecule has 1 unspecified atom stereocenters. The van der Waals surface area contributed by atoms with E-state index in [1.54, 1.807) is 20.3 Å². The molecule has 1 N–H and O–H groups in total. The number of rotatable bonds is 6. The maximum atomic E-state index is 6.10. The first-order chi connectivity index (χ1) is 8.12. The minimum Gasteiger partial charge on any atom is -0.495 e. The van der Waals surface area contributed by atoms with Crippen molar-refractivity contribution in [2.75, 3.05) is 19.5 Å². The molecule has 0 fully saturated rings. The number of methoxy groups -OCH3 is 2. The second-order valence-electron chi connectivity index (χ2n) is 4.02. The number of halogens is 1. The Kier molecular flexibility index (Phi) is 5.42. The summed E-state index contributed by atoms with van der Waals surface area (Å²) in [6.45, 7) is 4.30. The van der Waals surface area contributed by atoms with Gasteiger partial charge in [-0.25, -0.2) is 0 Å². The Balaban J connectivity index is 2.94. The summed E-state index contributed by atoms with van der Waals surface area (Å²) in [5, 5.41) is 3.97. The van der Waals surface area contributed by atoms with Gasteiger partial charge in [0, 0.05) is 12.1 Å². The molecule has 0 aliphatic carbocycles. The van der Waals surface area contributed by atoms with Gasteiger partial charge in [0.05, 0.1) is 24.9 Å². The smallest absolute Gasteiger partial charge is 0.145 e. The lowest BCUT2D eigenvalue weighted by atomic mass is 10.2. The Morgan fingerprint density at radius 1 is 1.24 bits per heavy atom. The zero-order valence-corrected chi connectivity index (χ0v) is 11.6. The van der Waals surface area contributed by atoms with Crippen LogP contribution in [0.1, 0.15) is 26.7 Å². The van der Waals surface area contributed by atoms with Crippen LogP contribution in [0.5, 0.6) is 11.5 Å². The maximum Gasteiger partial charge on any atom is 0.145 e. The highest BCUT2D eigenvalue weighted by Gasteiger charge is 2.11. The first-order valence-electron chi connectivity index (χ1n) is 5.80. The molecule has 1 rings (SSSR count).